The van der Waals surface area contributed by atoms with Crippen LogP contribution in [0.2, 0.25) is 0 Å². The Labute approximate surface area is 70.7 Å². The Balaban J connectivity index is -0.000000180. The molecule has 0 rings (SSSR count). The fourth-order valence-electron chi connectivity index (χ4n) is 0. The van der Waals surface area contributed by atoms with Crippen LogP contribution in [0, 0.1) is 0 Å². The number of amides is 1. The first kappa shape index (κ1) is 11.5. The molecule has 0 saturated carbocycles. The first-order valence-electron chi connectivity index (χ1n) is 1.55. The molecular weight excluding hydrogens is 140 g/mol. The second kappa shape index (κ2) is 3.64. The van der Waals surface area contributed by atoms with Gasteiger partial charge in [0.1, 0.15) is 0 Å². The molecule has 3 N–H and O–H groups in total. The van der Waals surface area contributed by atoms with Gasteiger partial charge in [-0.05, 0) is 0 Å². The summed E-state index contributed by atoms with van der Waals surface area (Å²) in [5.41, 5.74) is 3.27. The van der Waals surface area contributed by atoms with Crippen molar-refractivity contribution in [1.29, 1.82) is 0 Å². The summed E-state index contributed by atoms with van der Waals surface area (Å²) in [6.07, 6.45) is 0. The summed E-state index contributed by atoms with van der Waals surface area (Å²) in [6.45, 7) is 0.898. The first-order valence-corrected chi connectivity index (χ1v) is 3.65. The number of primary amides is 1. The van der Waals surface area contributed by atoms with Gasteiger partial charge in [0.2, 0.25) is 0 Å². The van der Waals surface area contributed by atoms with E-state index in [4.69, 9.17) is 4.89 Å². The standard InChI is InChI=1S/C2H6NO3P.Na.H/c1-7(5,6)2(3)4;;/h1H3,(H2,3,4)(H,5,6);;/q;+1;-1. The maximum Gasteiger partial charge on any atom is 1.00 e. The molecule has 0 aliphatic rings. The van der Waals surface area contributed by atoms with E-state index in [0.717, 1.165) is 6.66 Å². The number of carbonyl (C=O) groups is 1. The molecule has 0 aliphatic carbocycles. The van der Waals surface area contributed by atoms with E-state index in [1.54, 1.807) is 0 Å². The zero-order valence-corrected chi connectivity index (χ0v) is 7.68. The van der Waals surface area contributed by atoms with Crippen molar-refractivity contribution in [1.82, 2.24) is 0 Å². The molecule has 0 aromatic carbocycles. The van der Waals surface area contributed by atoms with E-state index in [2.05, 4.69) is 5.73 Å². The fourth-order valence-corrected chi connectivity index (χ4v) is 0. The van der Waals surface area contributed by atoms with Crippen LogP contribution in [-0.2, 0) is 4.57 Å². The Morgan fingerprint density at radius 1 is 1.88 bits per heavy atom. The third kappa shape index (κ3) is 4.81. The summed E-state index contributed by atoms with van der Waals surface area (Å²) in [5.74, 6) is 0. The van der Waals surface area contributed by atoms with Gasteiger partial charge in [-0.2, -0.15) is 0 Å². The molecular formula is C2H7NNaO3P. The Morgan fingerprint density at radius 2 is 2.00 bits per heavy atom. The number of carbonyl (C=O) groups excluding carboxylic acids is 1. The van der Waals surface area contributed by atoms with Gasteiger partial charge in [-0.15, -0.1) is 0 Å². The van der Waals surface area contributed by atoms with Gasteiger partial charge in [0.25, 0.3) is 7.37 Å². The van der Waals surface area contributed by atoms with Crippen LogP contribution in [0.3, 0.4) is 0 Å². The van der Waals surface area contributed by atoms with Crippen molar-refractivity contribution in [3.05, 3.63) is 0 Å². The topological polar surface area (TPSA) is 80.4 Å². The molecule has 0 fully saturated rings. The van der Waals surface area contributed by atoms with Gasteiger partial charge in [0.15, 0.2) is 0 Å². The van der Waals surface area contributed by atoms with Crippen molar-refractivity contribution in [2.24, 2.45) is 5.73 Å². The number of hydrogen-bond acceptors (Lipinski definition) is 2. The second-order valence-electron chi connectivity index (χ2n) is 1.22. The van der Waals surface area contributed by atoms with Crippen molar-refractivity contribution >= 4 is 13.0 Å². The number of nitrogens with two attached hydrogens (primary N) is 1. The summed E-state index contributed by atoms with van der Waals surface area (Å²) in [6, 6.07) is 0. The Kier molecular flexibility index (Phi) is 5.21. The van der Waals surface area contributed by atoms with Crippen molar-refractivity contribution < 1.29 is 45.2 Å². The van der Waals surface area contributed by atoms with Gasteiger partial charge < -0.3 is 12.1 Å². The summed E-state index contributed by atoms with van der Waals surface area (Å²) in [5, 5.41) is 0. The van der Waals surface area contributed by atoms with Crippen LogP contribution < -0.4 is 35.3 Å². The molecule has 6 heteroatoms. The van der Waals surface area contributed by atoms with Crippen LogP contribution in [0.5, 0.6) is 0 Å². The normalized spacial score (nSPS) is 15.8. The van der Waals surface area contributed by atoms with E-state index >= 15 is 0 Å². The molecule has 0 heterocycles. The zero-order valence-electron chi connectivity index (χ0n) is 5.79. The van der Waals surface area contributed by atoms with Gasteiger partial charge in [0.05, 0.1) is 0 Å². The van der Waals surface area contributed by atoms with Gasteiger partial charge in [-0.1, -0.05) is 0 Å². The molecule has 8 heavy (non-hydrogen) atoms. The minimum atomic E-state index is -3.60. The van der Waals surface area contributed by atoms with Gasteiger partial charge >= 0.3 is 35.2 Å². The average Bonchev–Trinajstić information content (AvgIpc) is 1.31. The average molecular weight is 147 g/mol. The van der Waals surface area contributed by atoms with Crippen LogP contribution in [0.25, 0.3) is 0 Å². The fraction of sp³-hybridized carbons (Fsp3) is 0.500. The Hall–Kier alpha value is 0.660. The van der Waals surface area contributed by atoms with Gasteiger partial charge in [-0.3, -0.25) is 9.36 Å². The molecule has 0 radical (unpaired) electrons. The van der Waals surface area contributed by atoms with Crippen molar-refractivity contribution in [3.63, 3.8) is 0 Å². The van der Waals surface area contributed by atoms with Crippen molar-refractivity contribution in [2.75, 3.05) is 6.66 Å². The van der Waals surface area contributed by atoms with Crippen LogP contribution in [0.1, 0.15) is 1.43 Å². The molecule has 0 bridgehead atoms. The third-order valence-electron chi connectivity index (χ3n) is 0.409. The maximum absolute atomic E-state index is 10.00. The van der Waals surface area contributed by atoms with E-state index in [1.165, 1.54) is 0 Å². The first-order chi connectivity index (χ1) is 2.94. The minimum absolute atomic E-state index is 0. The SMILES string of the molecule is CP(=O)(O)C(N)=O.[H-].[Na+]. The molecule has 1 unspecified atom stereocenters. The van der Waals surface area contributed by atoms with Crippen LogP contribution >= 0.6 is 7.37 Å². The van der Waals surface area contributed by atoms with Crippen molar-refractivity contribution in [2.45, 2.75) is 0 Å². The molecule has 1 atom stereocenters. The Bertz CT molecular complexity index is 134. The molecule has 0 saturated heterocycles. The van der Waals surface area contributed by atoms with Gasteiger partial charge in [-0.25, -0.2) is 0 Å². The quantitative estimate of drug-likeness (QED) is 0.308. The minimum Gasteiger partial charge on any atom is -1.00 e. The zero-order chi connectivity index (χ0) is 6.08. The molecule has 44 valence electrons. The van der Waals surface area contributed by atoms with Crippen molar-refractivity contribution in [3.8, 4) is 0 Å². The number of rotatable bonds is 1. The summed E-state index contributed by atoms with van der Waals surface area (Å²) in [7, 11) is -3.60. The maximum atomic E-state index is 10.00. The summed E-state index contributed by atoms with van der Waals surface area (Å²) >= 11 is 0. The van der Waals surface area contributed by atoms with E-state index in [-0.39, 0.29) is 31.0 Å². The summed E-state index contributed by atoms with van der Waals surface area (Å²) in [4.78, 5) is 17.9. The van der Waals surface area contributed by atoms with Crippen LogP contribution in [0.15, 0.2) is 0 Å². The second-order valence-corrected chi connectivity index (χ2v) is 3.42. The molecule has 1 amide bonds. The van der Waals surface area contributed by atoms with Crippen LogP contribution in [0.4, 0.5) is 4.79 Å². The van der Waals surface area contributed by atoms with Gasteiger partial charge in [0, 0.05) is 6.66 Å². The predicted octanol–water partition coefficient (Wildman–Crippen LogP) is -2.92. The molecule has 0 aliphatic heterocycles. The molecule has 0 spiro atoms. The monoisotopic (exact) mass is 147 g/mol. The van der Waals surface area contributed by atoms with E-state index in [0.29, 0.717) is 0 Å². The van der Waals surface area contributed by atoms with Crippen LogP contribution in [-0.4, -0.2) is 17.2 Å². The van der Waals surface area contributed by atoms with E-state index < -0.39 is 13.0 Å². The molecule has 0 aromatic heterocycles. The van der Waals surface area contributed by atoms with E-state index in [9.17, 15) is 9.36 Å². The largest absolute Gasteiger partial charge is 1.00 e. The number of hydrogen-bond donors (Lipinski definition) is 2. The van der Waals surface area contributed by atoms with E-state index in [1.807, 2.05) is 0 Å². The Morgan fingerprint density at radius 3 is 2.00 bits per heavy atom. The predicted molar refractivity (Wildman–Crippen MR) is 26.4 cm³/mol. The molecule has 4 nitrogen and oxygen atoms in total. The third-order valence-corrected chi connectivity index (χ3v) is 1.23. The summed E-state index contributed by atoms with van der Waals surface area (Å²) < 4.78 is 10.00. The smallest absolute Gasteiger partial charge is 1.00 e. The molecule has 0 aromatic rings.